The van der Waals surface area contributed by atoms with Gasteiger partial charge in [0.05, 0.1) is 7.11 Å². The van der Waals surface area contributed by atoms with Gasteiger partial charge in [0.2, 0.25) is 0 Å². The van der Waals surface area contributed by atoms with Crippen LogP contribution in [0.3, 0.4) is 0 Å². The predicted octanol–water partition coefficient (Wildman–Crippen LogP) is 3.55. The van der Waals surface area contributed by atoms with Crippen LogP contribution in [0.2, 0.25) is 0 Å². The number of benzene rings is 1. The van der Waals surface area contributed by atoms with E-state index in [1.54, 1.807) is 7.11 Å². The molecule has 0 saturated carbocycles. The largest absolute Gasteiger partial charge is 0.497 e. The van der Waals surface area contributed by atoms with Crippen LogP contribution in [0.25, 0.3) is 6.08 Å². The molecule has 2 rings (SSSR count). The van der Waals surface area contributed by atoms with E-state index >= 15 is 0 Å². The zero-order chi connectivity index (χ0) is 11.3. The quantitative estimate of drug-likeness (QED) is 0.757. The van der Waals surface area contributed by atoms with Crippen molar-refractivity contribution in [2.45, 2.75) is 26.8 Å². The predicted molar refractivity (Wildman–Crippen MR) is 66.5 cm³/mol. The standard InChI is InChI=1S/C11H13NO.C2H6/c1-8-3-4-9-7-10(13-2)5-6-11(9)12-8;1-2/h3-8,12H,1-2H3;1-2H3. The summed E-state index contributed by atoms with van der Waals surface area (Å²) in [5.74, 6) is 0.903. The lowest BCUT2D eigenvalue weighted by Gasteiger charge is -2.19. The molecule has 0 aliphatic carbocycles. The molecule has 1 aromatic rings. The highest BCUT2D eigenvalue weighted by Crippen LogP contribution is 2.26. The minimum Gasteiger partial charge on any atom is -0.497 e. The van der Waals surface area contributed by atoms with Crippen molar-refractivity contribution in [3.05, 3.63) is 29.8 Å². The van der Waals surface area contributed by atoms with Crippen LogP contribution in [0, 0.1) is 0 Å². The van der Waals surface area contributed by atoms with Crippen LogP contribution < -0.4 is 10.1 Å². The Bertz CT molecular complexity index is 344. The van der Waals surface area contributed by atoms with Gasteiger partial charge in [0.15, 0.2) is 0 Å². The number of hydrogen-bond acceptors (Lipinski definition) is 2. The maximum Gasteiger partial charge on any atom is 0.119 e. The number of hydrogen-bond donors (Lipinski definition) is 1. The van der Waals surface area contributed by atoms with E-state index in [1.807, 2.05) is 32.0 Å². The number of fused-ring (bicyclic) bond motifs is 1. The molecule has 1 aliphatic heterocycles. The molecule has 1 N–H and O–H groups in total. The zero-order valence-corrected chi connectivity index (χ0v) is 9.87. The number of ether oxygens (including phenoxy) is 1. The van der Waals surface area contributed by atoms with Crippen LogP contribution in [0.15, 0.2) is 24.3 Å². The number of nitrogens with one attached hydrogen (secondary N) is 1. The molecule has 1 aromatic carbocycles. The maximum absolute atomic E-state index is 5.15. The van der Waals surface area contributed by atoms with Gasteiger partial charge in [0, 0.05) is 17.3 Å². The van der Waals surface area contributed by atoms with E-state index < -0.39 is 0 Å². The molecule has 1 atom stereocenters. The minimum absolute atomic E-state index is 0.417. The summed E-state index contributed by atoms with van der Waals surface area (Å²) >= 11 is 0. The highest BCUT2D eigenvalue weighted by atomic mass is 16.5. The van der Waals surface area contributed by atoms with E-state index in [1.165, 1.54) is 11.3 Å². The van der Waals surface area contributed by atoms with Gasteiger partial charge in [-0.2, -0.15) is 0 Å². The van der Waals surface area contributed by atoms with Gasteiger partial charge in [0.1, 0.15) is 5.75 Å². The van der Waals surface area contributed by atoms with Crippen molar-refractivity contribution in [2.75, 3.05) is 12.4 Å². The van der Waals surface area contributed by atoms with Crippen molar-refractivity contribution in [2.24, 2.45) is 0 Å². The van der Waals surface area contributed by atoms with Gasteiger partial charge >= 0.3 is 0 Å². The molecule has 0 fully saturated rings. The lowest BCUT2D eigenvalue weighted by molar-refractivity contribution is 0.414. The lowest BCUT2D eigenvalue weighted by atomic mass is 10.1. The minimum atomic E-state index is 0.417. The zero-order valence-electron chi connectivity index (χ0n) is 9.87. The molecule has 2 heteroatoms. The van der Waals surface area contributed by atoms with Gasteiger partial charge < -0.3 is 10.1 Å². The monoisotopic (exact) mass is 205 g/mol. The second-order valence-corrected chi connectivity index (χ2v) is 3.25. The molecule has 15 heavy (non-hydrogen) atoms. The average molecular weight is 205 g/mol. The Hall–Kier alpha value is -1.44. The fourth-order valence-corrected chi connectivity index (χ4v) is 1.48. The van der Waals surface area contributed by atoms with Crippen molar-refractivity contribution in [1.29, 1.82) is 0 Å². The molecule has 1 heterocycles. The summed E-state index contributed by atoms with van der Waals surface area (Å²) in [4.78, 5) is 0. The molecule has 1 unspecified atom stereocenters. The Morgan fingerprint density at radius 2 is 2.00 bits per heavy atom. The van der Waals surface area contributed by atoms with Crippen LogP contribution in [0.5, 0.6) is 5.75 Å². The Balaban J connectivity index is 0.000000531. The van der Waals surface area contributed by atoms with Gasteiger partial charge in [-0.05, 0) is 25.1 Å². The van der Waals surface area contributed by atoms with Crippen molar-refractivity contribution >= 4 is 11.8 Å². The molecule has 0 radical (unpaired) electrons. The summed E-state index contributed by atoms with van der Waals surface area (Å²) < 4.78 is 5.15. The highest BCUT2D eigenvalue weighted by molar-refractivity contribution is 5.72. The fourth-order valence-electron chi connectivity index (χ4n) is 1.48. The van der Waals surface area contributed by atoms with Crippen LogP contribution in [-0.4, -0.2) is 13.2 Å². The van der Waals surface area contributed by atoms with Crippen molar-refractivity contribution in [1.82, 2.24) is 0 Å². The van der Waals surface area contributed by atoms with E-state index in [4.69, 9.17) is 4.74 Å². The van der Waals surface area contributed by atoms with Gasteiger partial charge in [-0.25, -0.2) is 0 Å². The molecule has 82 valence electrons. The Morgan fingerprint density at radius 3 is 2.67 bits per heavy atom. The molecule has 0 spiro atoms. The molecule has 2 nitrogen and oxygen atoms in total. The van der Waals surface area contributed by atoms with Gasteiger partial charge in [-0.15, -0.1) is 0 Å². The summed E-state index contributed by atoms with van der Waals surface area (Å²) in [5, 5.41) is 3.37. The Kier molecular flexibility index (Phi) is 4.22. The first kappa shape index (κ1) is 11.6. The summed E-state index contributed by atoms with van der Waals surface area (Å²) in [5.41, 5.74) is 2.37. The average Bonchev–Trinajstić information content (AvgIpc) is 2.31. The van der Waals surface area contributed by atoms with Gasteiger partial charge in [-0.3, -0.25) is 0 Å². The van der Waals surface area contributed by atoms with E-state index in [0.717, 1.165) is 5.75 Å². The first-order valence-electron chi connectivity index (χ1n) is 5.42. The second-order valence-electron chi connectivity index (χ2n) is 3.25. The second kappa shape index (κ2) is 5.44. The molecule has 1 aliphatic rings. The summed E-state index contributed by atoms with van der Waals surface area (Å²) in [6, 6.07) is 6.47. The number of rotatable bonds is 1. The van der Waals surface area contributed by atoms with Crippen LogP contribution in [0.4, 0.5) is 5.69 Å². The normalized spacial score (nSPS) is 16.9. The van der Waals surface area contributed by atoms with Crippen molar-refractivity contribution in [3.63, 3.8) is 0 Å². The SMILES string of the molecule is CC.COc1ccc2c(c1)C=CC(C)N2. The highest BCUT2D eigenvalue weighted by Gasteiger charge is 2.08. The molecular weight excluding hydrogens is 186 g/mol. The van der Waals surface area contributed by atoms with E-state index in [-0.39, 0.29) is 0 Å². The topological polar surface area (TPSA) is 21.3 Å². The summed E-state index contributed by atoms with van der Waals surface area (Å²) in [7, 11) is 1.68. The smallest absolute Gasteiger partial charge is 0.119 e. The third kappa shape index (κ3) is 2.75. The van der Waals surface area contributed by atoms with E-state index in [9.17, 15) is 0 Å². The molecule has 0 aromatic heterocycles. The first-order valence-corrected chi connectivity index (χ1v) is 5.42. The van der Waals surface area contributed by atoms with Gasteiger partial charge in [0.25, 0.3) is 0 Å². The summed E-state index contributed by atoms with van der Waals surface area (Å²) in [6.07, 6.45) is 4.26. The fraction of sp³-hybridized carbons (Fsp3) is 0.385. The molecule has 0 amide bonds. The Morgan fingerprint density at radius 1 is 1.27 bits per heavy atom. The van der Waals surface area contributed by atoms with E-state index in [0.29, 0.717) is 6.04 Å². The van der Waals surface area contributed by atoms with Crippen molar-refractivity contribution in [3.8, 4) is 5.75 Å². The third-order valence-corrected chi connectivity index (χ3v) is 2.21. The molecular formula is C13H19NO. The number of anilines is 1. The van der Waals surface area contributed by atoms with Crippen LogP contribution in [-0.2, 0) is 0 Å². The first-order chi connectivity index (χ1) is 7.29. The third-order valence-electron chi connectivity index (χ3n) is 2.21. The molecule has 0 saturated heterocycles. The number of methoxy groups -OCH3 is 1. The summed E-state index contributed by atoms with van der Waals surface area (Å²) in [6.45, 7) is 6.13. The Labute approximate surface area is 92.0 Å². The van der Waals surface area contributed by atoms with Crippen molar-refractivity contribution < 1.29 is 4.74 Å². The van der Waals surface area contributed by atoms with E-state index in [2.05, 4.69) is 24.4 Å². The lowest BCUT2D eigenvalue weighted by Crippen LogP contribution is -2.15. The van der Waals surface area contributed by atoms with Gasteiger partial charge in [-0.1, -0.05) is 26.0 Å². The van der Waals surface area contributed by atoms with Crippen LogP contribution >= 0.6 is 0 Å². The van der Waals surface area contributed by atoms with Crippen LogP contribution in [0.1, 0.15) is 26.3 Å². The maximum atomic E-state index is 5.15. The molecule has 0 bridgehead atoms.